The van der Waals surface area contributed by atoms with Crippen molar-refractivity contribution in [2.24, 2.45) is 0 Å². The summed E-state index contributed by atoms with van der Waals surface area (Å²) < 4.78 is 6.19. The van der Waals surface area contributed by atoms with Crippen LogP contribution in [0, 0.1) is 0 Å². The standard InChI is InChI=1S/C29H33NO/c1-2-28(24-13-6-3-7-14-24)29(25-15-8-4-9-16-25)26-17-12-18-27(23-26)31-22-21-30-19-10-5-11-20-30/h3-4,6-9,12-18,23H,2,5,10-11,19-22H2,1H3/b29-28-. The normalized spacial score (nSPS) is 15.4. The van der Waals surface area contributed by atoms with Gasteiger partial charge in [-0.25, -0.2) is 0 Å². The highest BCUT2D eigenvalue weighted by Crippen LogP contribution is 2.35. The average molecular weight is 412 g/mol. The molecule has 2 heteroatoms. The molecule has 0 saturated carbocycles. The van der Waals surface area contributed by atoms with Crippen molar-refractivity contribution < 1.29 is 4.74 Å². The Bertz CT molecular complexity index is 972. The van der Waals surface area contributed by atoms with Crippen molar-refractivity contribution in [3.05, 3.63) is 102 Å². The lowest BCUT2D eigenvalue weighted by Crippen LogP contribution is -2.33. The monoisotopic (exact) mass is 411 g/mol. The topological polar surface area (TPSA) is 12.5 Å². The Balaban J connectivity index is 1.63. The summed E-state index contributed by atoms with van der Waals surface area (Å²) in [5.41, 5.74) is 6.38. The highest BCUT2D eigenvalue weighted by Gasteiger charge is 2.14. The first kappa shape index (κ1) is 21.4. The third kappa shape index (κ3) is 5.65. The molecule has 1 aliphatic rings. The number of hydrogen-bond donors (Lipinski definition) is 0. The third-order valence-electron chi connectivity index (χ3n) is 6.09. The molecule has 0 N–H and O–H groups in total. The van der Waals surface area contributed by atoms with Crippen molar-refractivity contribution in [3.63, 3.8) is 0 Å². The SMILES string of the molecule is CC/C(=C(\c1ccccc1)c1cccc(OCCN2CCCCC2)c1)c1ccccc1. The molecule has 31 heavy (non-hydrogen) atoms. The molecule has 0 atom stereocenters. The van der Waals surface area contributed by atoms with Gasteiger partial charge >= 0.3 is 0 Å². The van der Waals surface area contributed by atoms with Gasteiger partial charge in [-0.3, -0.25) is 4.90 Å². The molecule has 1 saturated heterocycles. The lowest BCUT2D eigenvalue weighted by atomic mass is 9.88. The molecule has 0 spiro atoms. The van der Waals surface area contributed by atoms with Crippen molar-refractivity contribution in [2.75, 3.05) is 26.2 Å². The van der Waals surface area contributed by atoms with Gasteiger partial charge in [-0.2, -0.15) is 0 Å². The first-order chi connectivity index (χ1) is 15.3. The first-order valence-corrected chi connectivity index (χ1v) is 11.6. The Hall–Kier alpha value is -2.84. The van der Waals surface area contributed by atoms with E-state index < -0.39 is 0 Å². The molecule has 0 bridgehead atoms. The summed E-state index contributed by atoms with van der Waals surface area (Å²) in [4.78, 5) is 2.52. The molecule has 0 aliphatic carbocycles. The number of allylic oxidation sites excluding steroid dienone is 1. The number of rotatable bonds is 8. The Morgan fingerprint density at radius 3 is 2.06 bits per heavy atom. The molecule has 0 radical (unpaired) electrons. The van der Waals surface area contributed by atoms with Crippen LogP contribution in [0.1, 0.15) is 49.3 Å². The largest absolute Gasteiger partial charge is 0.492 e. The van der Waals surface area contributed by atoms with Crippen LogP contribution in [0.2, 0.25) is 0 Å². The molecule has 1 fully saturated rings. The lowest BCUT2D eigenvalue weighted by molar-refractivity contribution is 0.183. The second-order valence-corrected chi connectivity index (χ2v) is 8.22. The van der Waals surface area contributed by atoms with Crippen molar-refractivity contribution in [3.8, 4) is 5.75 Å². The highest BCUT2D eigenvalue weighted by atomic mass is 16.5. The number of likely N-dealkylation sites (tertiary alicyclic amines) is 1. The van der Waals surface area contributed by atoms with Crippen LogP contribution in [0.25, 0.3) is 11.1 Å². The van der Waals surface area contributed by atoms with E-state index in [9.17, 15) is 0 Å². The van der Waals surface area contributed by atoms with Crippen molar-refractivity contribution in [2.45, 2.75) is 32.6 Å². The van der Waals surface area contributed by atoms with Crippen LogP contribution in [0.15, 0.2) is 84.9 Å². The molecule has 1 aliphatic heterocycles. The molecule has 4 rings (SSSR count). The minimum Gasteiger partial charge on any atom is -0.492 e. The summed E-state index contributed by atoms with van der Waals surface area (Å²) in [5, 5.41) is 0. The van der Waals surface area contributed by atoms with Crippen molar-refractivity contribution in [1.82, 2.24) is 4.90 Å². The smallest absolute Gasteiger partial charge is 0.119 e. The van der Waals surface area contributed by atoms with Gasteiger partial charge in [0.05, 0.1) is 0 Å². The van der Waals surface area contributed by atoms with Gasteiger partial charge in [0.15, 0.2) is 0 Å². The maximum Gasteiger partial charge on any atom is 0.119 e. The summed E-state index contributed by atoms with van der Waals surface area (Å²) in [6.07, 6.45) is 4.98. The maximum absolute atomic E-state index is 6.19. The molecular formula is C29H33NO. The van der Waals surface area contributed by atoms with Crippen LogP contribution in [-0.4, -0.2) is 31.1 Å². The predicted octanol–water partition coefficient (Wildman–Crippen LogP) is 6.92. The van der Waals surface area contributed by atoms with E-state index in [1.807, 2.05) is 0 Å². The fraction of sp³-hybridized carbons (Fsp3) is 0.310. The third-order valence-corrected chi connectivity index (χ3v) is 6.09. The number of piperidine rings is 1. The fourth-order valence-electron chi connectivity index (χ4n) is 4.50. The van der Waals surface area contributed by atoms with Gasteiger partial charge in [-0.05, 0) is 72.3 Å². The molecule has 0 aromatic heterocycles. The van der Waals surface area contributed by atoms with E-state index in [-0.39, 0.29) is 0 Å². The van der Waals surface area contributed by atoms with E-state index in [4.69, 9.17) is 4.74 Å². The lowest BCUT2D eigenvalue weighted by Gasteiger charge is -2.26. The molecule has 1 heterocycles. The van der Waals surface area contributed by atoms with Gasteiger partial charge in [0.1, 0.15) is 12.4 Å². The molecule has 2 nitrogen and oxygen atoms in total. The Labute approximate surface area is 187 Å². The molecule has 3 aromatic rings. The summed E-state index contributed by atoms with van der Waals surface area (Å²) in [6.45, 7) is 6.41. The van der Waals surface area contributed by atoms with E-state index in [1.54, 1.807) is 0 Å². The summed E-state index contributed by atoms with van der Waals surface area (Å²) in [6, 6.07) is 30.1. The summed E-state index contributed by atoms with van der Waals surface area (Å²) in [7, 11) is 0. The van der Waals surface area contributed by atoms with Crippen molar-refractivity contribution >= 4 is 11.1 Å². The fourth-order valence-corrected chi connectivity index (χ4v) is 4.50. The molecule has 3 aromatic carbocycles. The van der Waals surface area contributed by atoms with E-state index in [1.165, 1.54) is 60.2 Å². The van der Waals surface area contributed by atoms with Gasteiger partial charge in [0, 0.05) is 6.54 Å². The maximum atomic E-state index is 6.19. The van der Waals surface area contributed by atoms with Gasteiger partial charge in [0.2, 0.25) is 0 Å². The average Bonchev–Trinajstić information content (AvgIpc) is 2.84. The molecule has 0 unspecified atom stereocenters. The molecular weight excluding hydrogens is 378 g/mol. The number of ether oxygens (including phenoxy) is 1. The zero-order valence-corrected chi connectivity index (χ0v) is 18.6. The second-order valence-electron chi connectivity index (χ2n) is 8.22. The van der Waals surface area contributed by atoms with Crippen LogP contribution in [0.4, 0.5) is 0 Å². The van der Waals surface area contributed by atoms with Crippen LogP contribution < -0.4 is 4.74 Å². The Kier molecular flexibility index (Phi) is 7.57. The molecule has 160 valence electrons. The van der Waals surface area contributed by atoms with Gasteiger partial charge in [-0.15, -0.1) is 0 Å². The number of nitrogens with zero attached hydrogens (tertiary/aromatic N) is 1. The zero-order valence-electron chi connectivity index (χ0n) is 18.6. The second kappa shape index (κ2) is 11.0. The zero-order chi connectivity index (χ0) is 21.3. The number of benzene rings is 3. The van der Waals surface area contributed by atoms with Crippen LogP contribution in [0.5, 0.6) is 5.75 Å². The van der Waals surface area contributed by atoms with Crippen LogP contribution >= 0.6 is 0 Å². The van der Waals surface area contributed by atoms with E-state index in [0.29, 0.717) is 0 Å². The van der Waals surface area contributed by atoms with E-state index >= 15 is 0 Å². The van der Waals surface area contributed by atoms with Crippen LogP contribution in [0.3, 0.4) is 0 Å². The van der Waals surface area contributed by atoms with Gasteiger partial charge < -0.3 is 4.74 Å². The van der Waals surface area contributed by atoms with Gasteiger partial charge in [-0.1, -0.05) is 86.1 Å². The van der Waals surface area contributed by atoms with E-state index in [2.05, 4.69) is 96.8 Å². The Morgan fingerprint density at radius 2 is 1.39 bits per heavy atom. The Morgan fingerprint density at radius 1 is 0.742 bits per heavy atom. The van der Waals surface area contributed by atoms with Gasteiger partial charge in [0.25, 0.3) is 0 Å². The summed E-state index contributed by atoms with van der Waals surface area (Å²) >= 11 is 0. The summed E-state index contributed by atoms with van der Waals surface area (Å²) in [5.74, 6) is 0.950. The predicted molar refractivity (Wildman–Crippen MR) is 131 cm³/mol. The highest BCUT2D eigenvalue weighted by molar-refractivity contribution is 5.98. The minimum absolute atomic E-state index is 0.743. The van der Waals surface area contributed by atoms with E-state index in [0.717, 1.165) is 25.3 Å². The number of hydrogen-bond acceptors (Lipinski definition) is 2. The van der Waals surface area contributed by atoms with Crippen molar-refractivity contribution in [1.29, 1.82) is 0 Å². The quantitative estimate of drug-likeness (QED) is 0.373. The van der Waals surface area contributed by atoms with Crippen LogP contribution in [-0.2, 0) is 0 Å². The first-order valence-electron chi connectivity index (χ1n) is 11.6. The minimum atomic E-state index is 0.743. The molecule has 0 amide bonds.